The van der Waals surface area contributed by atoms with Crippen LogP contribution in [0.3, 0.4) is 0 Å². The van der Waals surface area contributed by atoms with Gasteiger partial charge in [0.1, 0.15) is 19.5 Å². The Morgan fingerprint density at radius 3 is 2.79 bits per heavy atom. The summed E-state index contributed by atoms with van der Waals surface area (Å²) in [7, 11) is -1.75. The highest BCUT2D eigenvalue weighted by Crippen LogP contribution is 2.24. The third kappa shape index (κ3) is 4.04. The molecule has 0 amide bonds. The fourth-order valence-corrected chi connectivity index (χ4v) is 4.58. The second kappa shape index (κ2) is 7.83. The number of hydrogen-bond acceptors (Lipinski definition) is 6. The van der Waals surface area contributed by atoms with E-state index in [4.69, 9.17) is 25.8 Å². The summed E-state index contributed by atoms with van der Waals surface area (Å²) in [5.41, 5.74) is 1.96. The van der Waals surface area contributed by atoms with E-state index in [1.165, 1.54) is 0 Å². The number of imidazole rings is 1. The number of hydrogen-bond donors (Lipinski definition) is 0. The maximum Gasteiger partial charge on any atom is 0.338 e. The van der Waals surface area contributed by atoms with E-state index in [2.05, 4.69) is 33.8 Å². The summed E-state index contributed by atoms with van der Waals surface area (Å²) < 4.78 is 21.0. The summed E-state index contributed by atoms with van der Waals surface area (Å²) in [5.74, 6) is -0.415. The molecular weight excluding hydrogens is 412 g/mol. The largest absolute Gasteiger partial charge is 0.457 e. The number of nitrogens with zero attached hydrogens (tertiary/aromatic N) is 4. The number of carbonyl (C=O) groups excluding carboxylic acids is 1. The van der Waals surface area contributed by atoms with Crippen molar-refractivity contribution in [3.8, 4) is 0 Å². The van der Waals surface area contributed by atoms with Crippen molar-refractivity contribution in [1.29, 1.82) is 0 Å². The number of ether oxygens (including phenoxy) is 3. The topological polar surface area (TPSA) is 79.4 Å². The average Bonchev–Trinajstić information content (AvgIpc) is 3.35. The van der Waals surface area contributed by atoms with E-state index in [9.17, 15) is 4.79 Å². The first-order chi connectivity index (χ1) is 13.8. The molecule has 2 aromatic heterocycles. The first-order valence-electron chi connectivity index (χ1n) is 9.27. The minimum atomic E-state index is -1.75. The highest BCUT2D eigenvalue weighted by atomic mass is 35.5. The summed E-state index contributed by atoms with van der Waals surface area (Å²) in [5, 5.41) is 0.348. The van der Waals surface area contributed by atoms with Gasteiger partial charge >= 0.3 is 5.97 Å². The minimum absolute atomic E-state index is 0.00221. The predicted molar refractivity (Wildman–Crippen MR) is 108 cm³/mol. The summed E-state index contributed by atoms with van der Waals surface area (Å²) in [4.78, 5) is 20.8. The highest BCUT2D eigenvalue weighted by molar-refractivity contribution is 6.75. The second-order valence-corrected chi connectivity index (χ2v) is 12.9. The average molecular weight is 434 g/mol. The molecule has 0 bridgehead atoms. The number of halogens is 1. The Labute approximate surface area is 174 Å². The first-order valence-corrected chi connectivity index (χ1v) is 13.1. The molecule has 1 aromatic carbocycles. The van der Waals surface area contributed by atoms with Crippen LogP contribution < -0.4 is 4.57 Å². The Morgan fingerprint density at radius 1 is 1.31 bits per heavy atom. The molecule has 29 heavy (non-hydrogen) atoms. The van der Waals surface area contributed by atoms with E-state index in [1.54, 1.807) is 36.9 Å². The number of rotatable bonds is 5. The molecule has 1 aliphatic rings. The van der Waals surface area contributed by atoms with Crippen LogP contribution in [0.1, 0.15) is 16.6 Å². The molecule has 0 N–H and O–H groups in total. The van der Waals surface area contributed by atoms with Crippen LogP contribution in [0.25, 0.3) is 11.2 Å². The van der Waals surface area contributed by atoms with Crippen molar-refractivity contribution >= 4 is 37.0 Å². The molecule has 0 saturated carbocycles. The lowest BCUT2D eigenvalue weighted by Crippen LogP contribution is -2.46. The van der Waals surface area contributed by atoms with Crippen molar-refractivity contribution < 1.29 is 23.6 Å². The first kappa shape index (κ1) is 20.0. The van der Waals surface area contributed by atoms with Crippen LogP contribution in [0.4, 0.5) is 0 Å². The molecule has 0 unspecified atom stereocenters. The molecule has 10 heteroatoms. The monoisotopic (exact) mass is 433 g/mol. The fourth-order valence-electron chi connectivity index (χ4n) is 3.14. The van der Waals surface area contributed by atoms with Crippen molar-refractivity contribution in [2.75, 3.05) is 13.2 Å². The molecule has 1 aliphatic heterocycles. The van der Waals surface area contributed by atoms with Crippen LogP contribution in [0.5, 0.6) is 0 Å². The van der Waals surface area contributed by atoms with Crippen LogP contribution in [0, 0.1) is 0 Å². The Kier molecular flexibility index (Phi) is 5.39. The Bertz CT molecular complexity index is 1040. The quantitative estimate of drug-likeness (QED) is 0.266. The van der Waals surface area contributed by atoms with Gasteiger partial charge in [-0.25, -0.2) is 14.3 Å². The molecule has 3 aromatic rings. The summed E-state index contributed by atoms with van der Waals surface area (Å²) >= 11 is 6.26. The third-order valence-electron chi connectivity index (χ3n) is 4.60. The maximum atomic E-state index is 12.1. The number of esters is 1. The molecule has 152 valence electrons. The van der Waals surface area contributed by atoms with Gasteiger partial charge in [0, 0.05) is 0 Å². The van der Waals surface area contributed by atoms with Gasteiger partial charge in [0.2, 0.25) is 31.6 Å². The predicted octanol–water partition coefficient (Wildman–Crippen LogP) is 2.78. The highest BCUT2D eigenvalue weighted by Gasteiger charge is 2.35. The molecule has 1 saturated heterocycles. The van der Waals surface area contributed by atoms with Crippen molar-refractivity contribution in [3.05, 3.63) is 53.7 Å². The zero-order chi connectivity index (χ0) is 20.6. The minimum Gasteiger partial charge on any atom is -0.457 e. The number of aromatic nitrogens is 4. The maximum absolute atomic E-state index is 12.1. The van der Waals surface area contributed by atoms with Crippen LogP contribution in [0.2, 0.25) is 24.8 Å². The van der Waals surface area contributed by atoms with Crippen LogP contribution in [-0.4, -0.2) is 47.9 Å². The van der Waals surface area contributed by atoms with Gasteiger partial charge in [0.25, 0.3) is 0 Å². The SMILES string of the molecule is C[Si](C)(C)n1cnc2c(Cl)nc[n+]([C@@H]3CO[C@H](COC(=O)c4ccccc4)O3)c21. The van der Waals surface area contributed by atoms with Gasteiger partial charge in [0.05, 0.1) is 5.56 Å². The molecule has 2 atom stereocenters. The van der Waals surface area contributed by atoms with Crippen LogP contribution in [0.15, 0.2) is 43.0 Å². The van der Waals surface area contributed by atoms with Gasteiger partial charge < -0.3 is 14.2 Å². The van der Waals surface area contributed by atoms with Crippen molar-refractivity contribution in [1.82, 2.24) is 14.2 Å². The summed E-state index contributed by atoms with van der Waals surface area (Å²) in [6, 6.07) is 8.81. The molecular formula is C19H22ClN4O4Si+. The Balaban J connectivity index is 1.51. The van der Waals surface area contributed by atoms with Gasteiger partial charge in [-0.15, -0.1) is 0 Å². The number of fused-ring (bicyclic) bond motifs is 1. The smallest absolute Gasteiger partial charge is 0.338 e. The molecule has 0 radical (unpaired) electrons. The fraction of sp³-hybridized carbons (Fsp3) is 0.368. The standard InChI is InChI=1S/C19H22ClN4O4Si/c1-29(2,3)24-12-21-16-17(20)22-11-23(18(16)24)14-9-26-15(28-14)10-27-19(25)13-7-5-4-6-8-13/h4-8,11-12,14-15H,9-10H2,1-3H3/q+1/t14-,15-/m0/s1. The van der Waals surface area contributed by atoms with Crippen molar-refractivity contribution in [2.24, 2.45) is 0 Å². The lowest BCUT2D eigenvalue weighted by molar-refractivity contribution is -0.738. The third-order valence-corrected chi connectivity index (χ3v) is 6.65. The molecule has 4 rings (SSSR count). The van der Waals surface area contributed by atoms with Gasteiger partial charge in [-0.1, -0.05) is 23.2 Å². The zero-order valence-corrected chi connectivity index (χ0v) is 18.2. The van der Waals surface area contributed by atoms with Crippen LogP contribution in [-0.2, 0) is 14.2 Å². The van der Waals surface area contributed by atoms with E-state index in [0.29, 0.717) is 22.8 Å². The zero-order valence-electron chi connectivity index (χ0n) is 16.4. The molecule has 0 aliphatic carbocycles. The Morgan fingerprint density at radius 2 is 2.07 bits per heavy atom. The molecule has 0 spiro atoms. The number of benzene rings is 1. The van der Waals surface area contributed by atoms with Crippen molar-refractivity contribution in [2.45, 2.75) is 32.2 Å². The second-order valence-electron chi connectivity index (χ2n) is 7.72. The molecule has 3 heterocycles. The lowest BCUT2D eigenvalue weighted by Gasteiger charge is -2.17. The normalized spacial score (nSPS) is 19.6. The van der Waals surface area contributed by atoms with E-state index >= 15 is 0 Å². The summed E-state index contributed by atoms with van der Waals surface area (Å²) in [6.07, 6.45) is 2.36. The number of carbonyl (C=O) groups is 1. The molecule has 1 fully saturated rings. The summed E-state index contributed by atoms with van der Waals surface area (Å²) in [6.45, 7) is 6.94. The Hall–Kier alpha value is -2.33. The van der Waals surface area contributed by atoms with Crippen LogP contribution >= 0.6 is 11.6 Å². The van der Waals surface area contributed by atoms with E-state index in [1.807, 2.05) is 10.6 Å². The molecule has 8 nitrogen and oxygen atoms in total. The lowest BCUT2D eigenvalue weighted by atomic mass is 10.2. The van der Waals surface area contributed by atoms with Gasteiger partial charge in [-0.2, -0.15) is 0 Å². The van der Waals surface area contributed by atoms with E-state index in [0.717, 1.165) is 5.65 Å². The van der Waals surface area contributed by atoms with E-state index < -0.39 is 26.7 Å². The van der Waals surface area contributed by atoms with Gasteiger partial charge in [-0.3, -0.25) is 4.23 Å². The van der Waals surface area contributed by atoms with Gasteiger partial charge in [0.15, 0.2) is 11.8 Å². The van der Waals surface area contributed by atoms with Crippen molar-refractivity contribution in [3.63, 3.8) is 0 Å². The van der Waals surface area contributed by atoms with E-state index in [-0.39, 0.29) is 6.61 Å². The van der Waals surface area contributed by atoms with Gasteiger partial charge in [-0.05, 0) is 43.4 Å².